The third kappa shape index (κ3) is 3.87. The van der Waals surface area contributed by atoms with Gasteiger partial charge in [0.2, 0.25) is 5.91 Å². The summed E-state index contributed by atoms with van der Waals surface area (Å²) < 4.78 is 13.7. The van der Waals surface area contributed by atoms with Crippen LogP contribution in [0.1, 0.15) is 18.9 Å². The number of carbonyl (C=O) groups excluding carboxylic acids is 1. The summed E-state index contributed by atoms with van der Waals surface area (Å²) in [5.74, 6) is -0.392. The van der Waals surface area contributed by atoms with Crippen LogP contribution in [0.3, 0.4) is 0 Å². The van der Waals surface area contributed by atoms with Crippen LogP contribution in [0.25, 0.3) is 0 Å². The first kappa shape index (κ1) is 13.6. The van der Waals surface area contributed by atoms with Crippen LogP contribution in [0, 0.1) is 5.82 Å². The largest absolute Gasteiger partial charge is 0.351 e. The molecule has 88 valence electrons. The van der Waals surface area contributed by atoms with E-state index < -0.39 is 0 Å². The van der Waals surface area contributed by atoms with Gasteiger partial charge in [-0.05, 0) is 30.2 Å². The topological polar surface area (TPSA) is 29.1 Å². The van der Waals surface area contributed by atoms with Crippen LogP contribution in [0.4, 0.5) is 4.39 Å². The summed E-state index contributed by atoms with van der Waals surface area (Å²) in [6, 6.07) is 4.40. The third-order valence-corrected chi connectivity index (χ3v) is 3.94. The number of hydrogen-bond acceptors (Lipinski definition) is 1. The lowest BCUT2D eigenvalue weighted by Gasteiger charge is -2.10. The van der Waals surface area contributed by atoms with E-state index in [1.807, 2.05) is 6.92 Å². The molecule has 0 bridgehead atoms. The second kappa shape index (κ2) is 6.35. The summed E-state index contributed by atoms with van der Waals surface area (Å²) in [7, 11) is 0. The molecule has 1 aromatic carbocycles. The van der Waals surface area contributed by atoms with Crippen molar-refractivity contribution in [3.63, 3.8) is 0 Å². The number of carbonyl (C=O) groups is 1. The van der Waals surface area contributed by atoms with E-state index >= 15 is 0 Å². The predicted molar refractivity (Wildman–Crippen MR) is 69.0 cm³/mol. The summed E-state index contributed by atoms with van der Waals surface area (Å²) in [4.78, 5) is 11.3. The molecule has 0 aliphatic rings. The van der Waals surface area contributed by atoms with Gasteiger partial charge in [0.1, 0.15) is 5.82 Å². The molecule has 1 rings (SSSR count). The molecule has 16 heavy (non-hydrogen) atoms. The molecule has 0 saturated carbocycles. The zero-order valence-electron chi connectivity index (χ0n) is 8.77. The first-order chi connectivity index (χ1) is 7.54. The maximum atomic E-state index is 13.0. The minimum Gasteiger partial charge on any atom is -0.351 e. The van der Waals surface area contributed by atoms with Crippen LogP contribution in [0.5, 0.6) is 0 Å². The maximum absolute atomic E-state index is 13.0. The first-order valence-electron chi connectivity index (χ1n) is 4.90. The SMILES string of the molecule is CCC(Br)C(=O)NCc1cc(F)ccc1Br. The summed E-state index contributed by atoms with van der Waals surface area (Å²) in [5, 5.41) is 2.74. The van der Waals surface area contributed by atoms with Crippen molar-refractivity contribution < 1.29 is 9.18 Å². The molecule has 0 spiro atoms. The molecule has 2 nitrogen and oxygen atoms in total. The van der Waals surface area contributed by atoms with Crippen LogP contribution in [-0.4, -0.2) is 10.7 Å². The van der Waals surface area contributed by atoms with E-state index in [1.54, 1.807) is 6.07 Å². The fraction of sp³-hybridized carbons (Fsp3) is 0.364. The van der Waals surface area contributed by atoms with E-state index in [-0.39, 0.29) is 16.6 Å². The highest BCUT2D eigenvalue weighted by molar-refractivity contribution is 9.10. The molecule has 5 heteroatoms. The van der Waals surface area contributed by atoms with Crippen LogP contribution < -0.4 is 5.32 Å². The van der Waals surface area contributed by atoms with Crippen molar-refractivity contribution in [1.82, 2.24) is 5.32 Å². The molecule has 1 unspecified atom stereocenters. The molecule has 0 heterocycles. The second-order valence-corrected chi connectivity index (χ2v) is 5.29. The minimum atomic E-state index is -0.307. The van der Waals surface area contributed by atoms with E-state index in [4.69, 9.17) is 0 Å². The highest BCUT2D eigenvalue weighted by atomic mass is 79.9. The Balaban J connectivity index is 2.61. The second-order valence-electron chi connectivity index (χ2n) is 3.33. The number of benzene rings is 1. The Morgan fingerprint density at radius 1 is 1.56 bits per heavy atom. The van der Waals surface area contributed by atoms with Gasteiger partial charge in [0.05, 0.1) is 4.83 Å². The maximum Gasteiger partial charge on any atom is 0.234 e. The van der Waals surface area contributed by atoms with E-state index in [2.05, 4.69) is 37.2 Å². The van der Waals surface area contributed by atoms with Gasteiger partial charge in [-0.3, -0.25) is 4.79 Å². The average Bonchev–Trinajstić information content (AvgIpc) is 2.28. The summed E-state index contributed by atoms with van der Waals surface area (Å²) in [6.45, 7) is 2.23. The van der Waals surface area contributed by atoms with Crippen molar-refractivity contribution in [2.75, 3.05) is 0 Å². The number of alkyl halides is 1. The van der Waals surface area contributed by atoms with Crippen molar-refractivity contribution in [3.8, 4) is 0 Å². The van der Waals surface area contributed by atoms with Gasteiger partial charge < -0.3 is 5.32 Å². The molecule has 1 N–H and O–H groups in total. The van der Waals surface area contributed by atoms with Gasteiger partial charge in [0.25, 0.3) is 0 Å². The molecule has 0 aliphatic heterocycles. The predicted octanol–water partition coefficient (Wildman–Crippen LogP) is 3.38. The molecule has 1 atom stereocenters. The molecule has 0 aromatic heterocycles. The van der Waals surface area contributed by atoms with Crippen LogP contribution in [-0.2, 0) is 11.3 Å². The van der Waals surface area contributed by atoms with Gasteiger partial charge in [0, 0.05) is 11.0 Å². The smallest absolute Gasteiger partial charge is 0.234 e. The lowest BCUT2D eigenvalue weighted by molar-refractivity contribution is -0.120. The molecule has 0 fully saturated rings. The molecule has 0 saturated heterocycles. The lowest BCUT2D eigenvalue weighted by atomic mass is 10.2. The van der Waals surface area contributed by atoms with Crippen LogP contribution in [0.2, 0.25) is 0 Å². The molecule has 1 aromatic rings. The number of amides is 1. The van der Waals surface area contributed by atoms with Gasteiger partial charge in [-0.25, -0.2) is 4.39 Å². The van der Waals surface area contributed by atoms with Gasteiger partial charge in [-0.2, -0.15) is 0 Å². The van der Waals surface area contributed by atoms with Crippen molar-refractivity contribution in [1.29, 1.82) is 0 Å². The molecule has 1 amide bonds. The molecular weight excluding hydrogens is 341 g/mol. The van der Waals surface area contributed by atoms with Crippen molar-refractivity contribution in [2.45, 2.75) is 24.7 Å². The Morgan fingerprint density at radius 3 is 2.88 bits per heavy atom. The van der Waals surface area contributed by atoms with Gasteiger partial charge in [-0.1, -0.05) is 38.8 Å². The standard InChI is InChI=1S/C11H12Br2FNO/c1-2-9(12)11(16)15-6-7-5-8(14)3-4-10(7)13/h3-5,9H,2,6H2,1H3,(H,15,16). The van der Waals surface area contributed by atoms with Gasteiger partial charge in [-0.15, -0.1) is 0 Å². The van der Waals surface area contributed by atoms with Crippen LogP contribution in [0.15, 0.2) is 22.7 Å². The van der Waals surface area contributed by atoms with E-state index in [0.29, 0.717) is 6.54 Å². The van der Waals surface area contributed by atoms with E-state index in [0.717, 1.165) is 16.5 Å². The molecule has 0 aliphatic carbocycles. The monoisotopic (exact) mass is 351 g/mol. The van der Waals surface area contributed by atoms with Crippen molar-refractivity contribution >= 4 is 37.8 Å². The van der Waals surface area contributed by atoms with E-state index in [9.17, 15) is 9.18 Å². The quantitative estimate of drug-likeness (QED) is 0.827. The summed E-state index contributed by atoms with van der Waals surface area (Å²) in [6.07, 6.45) is 0.718. The van der Waals surface area contributed by atoms with Crippen molar-refractivity contribution in [2.24, 2.45) is 0 Å². The summed E-state index contributed by atoms with van der Waals surface area (Å²) in [5.41, 5.74) is 0.726. The Morgan fingerprint density at radius 2 is 2.25 bits per heavy atom. The number of rotatable bonds is 4. The average molecular weight is 353 g/mol. The fourth-order valence-corrected chi connectivity index (χ4v) is 1.71. The van der Waals surface area contributed by atoms with Crippen LogP contribution >= 0.6 is 31.9 Å². The highest BCUT2D eigenvalue weighted by Crippen LogP contribution is 2.17. The van der Waals surface area contributed by atoms with E-state index in [1.165, 1.54) is 12.1 Å². The Hall–Kier alpha value is -0.420. The van der Waals surface area contributed by atoms with Gasteiger partial charge in [0.15, 0.2) is 0 Å². The number of nitrogens with one attached hydrogen (secondary N) is 1. The molecular formula is C11H12Br2FNO. The first-order valence-corrected chi connectivity index (χ1v) is 6.61. The normalized spacial score (nSPS) is 12.2. The zero-order valence-corrected chi connectivity index (χ0v) is 11.9. The number of halogens is 3. The fourth-order valence-electron chi connectivity index (χ4n) is 1.16. The third-order valence-electron chi connectivity index (χ3n) is 2.10. The Kier molecular flexibility index (Phi) is 5.41. The van der Waals surface area contributed by atoms with Gasteiger partial charge >= 0.3 is 0 Å². The minimum absolute atomic E-state index is 0.0846. The summed E-state index contributed by atoms with van der Waals surface area (Å²) >= 11 is 6.56. The highest BCUT2D eigenvalue weighted by Gasteiger charge is 2.12. The lowest BCUT2D eigenvalue weighted by Crippen LogP contribution is -2.30. The zero-order chi connectivity index (χ0) is 12.1. The van der Waals surface area contributed by atoms with Crippen molar-refractivity contribution in [3.05, 3.63) is 34.1 Å². The Bertz CT molecular complexity index is 384. The molecule has 0 radical (unpaired) electrons. The number of hydrogen-bond donors (Lipinski definition) is 1. The Labute approximate surface area is 111 Å².